The van der Waals surface area contributed by atoms with Gasteiger partial charge in [0, 0.05) is 12.3 Å². The Labute approximate surface area is 100 Å². The summed E-state index contributed by atoms with van der Waals surface area (Å²) in [7, 11) is 0. The second kappa shape index (κ2) is 5.69. The summed E-state index contributed by atoms with van der Waals surface area (Å²) in [5.41, 5.74) is 0.845. The van der Waals surface area contributed by atoms with Crippen LogP contribution in [0.5, 0.6) is 0 Å². The van der Waals surface area contributed by atoms with Crippen molar-refractivity contribution in [1.82, 2.24) is 0 Å². The fourth-order valence-corrected chi connectivity index (χ4v) is 2.43. The Hall–Kier alpha value is -0.800. The van der Waals surface area contributed by atoms with Gasteiger partial charge in [-0.3, -0.25) is 4.79 Å². The minimum Gasteiger partial charge on any atom is -0.299 e. The van der Waals surface area contributed by atoms with E-state index >= 15 is 0 Å². The summed E-state index contributed by atoms with van der Waals surface area (Å²) >= 11 is 0. The quantitative estimate of drug-likeness (QED) is 0.679. The molecule has 1 fully saturated rings. The number of rotatable bonds is 4. The van der Waals surface area contributed by atoms with Crippen molar-refractivity contribution in [3.63, 3.8) is 0 Å². The molecule has 0 aromatic heterocycles. The molecular formula is C13H19F3O. The van der Waals surface area contributed by atoms with Crippen molar-refractivity contribution in [2.24, 2.45) is 11.8 Å². The SMILES string of the molecule is C=C(C)CCC(=O)C1CCCCC1C(F)(F)F. The lowest BCUT2D eigenvalue weighted by molar-refractivity contribution is -0.197. The maximum atomic E-state index is 12.8. The van der Waals surface area contributed by atoms with Gasteiger partial charge in [-0.05, 0) is 26.2 Å². The largest absolute Gasteiger partial charge is 0.392 e. The number of allylic oxidation sites excluding steroid dienone is 1. The van der Waals surface area contributed by atoms with Gasteiger partial charge in [0.15, 0.2) is 0 Å². The fourth-order valence-electron chi connectivity index (χ4n) is 2.43. The Morgan fingerprint density at radius 1 is 1.24 bits per heavy atom. The Morgan fingerprint density at radius 2 is 1.82 bits per heavy atom. The van der Waals surface area contributed by atoms with Gasteiger partial charge in [0.1, 0.15) is 5.78 Å². The first-order valence-corrected chi connectivity index (χ1v) is 6.06. The number of halogens is 3. The minimum atomic E-state index is -4.23. The van der Waals surface area contributed by atoms with Crippen LogP contribution in [-0.4, -0.2) is 12.0 Å². The molecule has 4 heteroatoms. The highest BCUT2D eigenvalue weighted by Crippen LogP contribution is 2.42. The van der Waals surface area contributed by atoms with Crippen molar-refractivity contribution < 1.29 is 18.0 Å². The molecule has 0 aromatic carbocycles. The third kappa shape index (κ3) is 4.17. The van der Waals surface area contributed by atoms with E-state index in [1.165, 1.54) is 0 Å². The van der Waals surface area contributed by atoms with Crippen LogP contribution in [0.3, 0.4) is 0 Å². The van der Waals surface area contributed by atoms with Crippen LogP contribution >= 0.6 is 0 Å². The molecule has 0 amide bonds. The molecular weight excluding hydrogens is 229 g/mol. The fraction of sp³-hybridized carbons (Fsp3) is 0.769. The molecule has 0 saturated heterocycles. The number of Topliss-reactive ketones (excluding diaryl/α,β-unsaturated/α-hetero) is 1. The Bertz CT molecular complexity index is 294. The monoisotopic (exact) mass is 248 g/mol. The van der Waals surface area contributed by atoms with Crippen LogP contribution in [-0.2, 0) is 4.79 Å². The summed E-state index contributed by atoms with van der Waals surface area (Å²) in [5, 5.41) is 0. The van der Waals surface area contributed by atoms with E-state index in [4.69, 9.17) is 0 Å². The number of ketones is 1. The van der Waals surface area contributed by atoms with Crippen molar-refractivity contribution in [1.29, 1.82) is 0 Å². The van der Waals surface area contributed by atoms with Crippen molar-refractivity contribution in [3.8, 4) is 0 Å². The zero-order valence-corrected chi connectivity index (χ0v) is 10.1. The van der Waals surface area contributed by atoms with Gasteiger partial charge in [-0.25, -0.2) is 0 Å². The third-order valence-electron chi connectivity index (χ3n) is 3.40. The van der Waals surface area contributed by atoms with Crippen LogP contribution in [0.2, 0.25) is 0 Å². The Kier molecular flexibility index (Phi) is 4.78. The lowest BCUT2D eigenvalue weighted by atomic mass is 9.75. The van der Waals surface area contributed by atoms with Gasteiger partial charge in [0.2, 0.25) is 0 Å². The minimum absolute atomic E-state index is 0.104. The molecule has 1 aliphatic rings. The summed E-state index contributed by atoms with van der Waals surface area (Å²) in [6, 6.07) is 0. The topological polar surface area (TPSA) is 17.1 Å². The van der Waals surface area contributed by atoms with E-state index in [9.17, 15) is 18.0 Å². The van der Waals surface area contributed by atoms with Crippen LogP contribution in [0.15, 0.2) is 12.2 Å². The van der Waals surface area contributed by atoms with E-state index in [0.717, 1.165) is 12.0 Å². The lowest BCUT2D eigenvalue weighted by Gasteiger charge is -2.32. The van der Waals surface area contributed by atoms with Gasteiger partial charge in [-0.2, -0.15) is 13.2 Å². The molecule has 98 valence electrons. The molecule has 0 heterocycles. The zero-order chi connectivity index (χ0) is 13.1. The van der Waals surface area contributed by atoms with Gasteiger partial charge in [0.05, 0.1) is 5.92 Å². The number of carbonyl (C=O) groups excluding carboxylic acids is 1. The van der Waals surface area contributed by atoms with Crippen LogP contribution in [0.25, 0.3) is 0 Å². The maximum absolute atomic E-state index is 12.8. The molecule has 2 unspecified atom stereocenters. The summed E-state index contributed by atoms with van der Waals surface area (Å²) < 4.78 is 38.3. The zero-order valence-electron chi connectivity index (χ0n) is 10.1. The molecule has 1 rings (SSSR count). The first-order valence-electron chi connectivity index (χ1n) is 6.06. The molecule has 0 spiro atoms. The molecule has 1 saturated carbocycles. The van der Waals surface area contributed by atoms with Crippen molar-refractivity contribution in [3.05, 3.63) is 12.2 Å². The van der Waals surface area contributed by atoms with E-state index < -0.39 is 18.0 Å². The highest BCUT2D eigenvalue weighted by Gasteiger charge is 2.47. The first kappa shape index (κ1) is 14.3. The Morgan fingerprint density at radius 3 is 2.35 bits per heavy atom. The summed E-state index contributed by atoms with van der Waals surface area (Å²) in [5.74, 6) is -2.48. The molecule has 0 radical (unpaired) electrons. The molecule has 0 aliphatic heterocycles. The van der Waals surface area contributed by atoms with E-state index in [1.807, 2.05) is 0 Å². The second-order valence-corrected chi connectivity index (χ2v) is 4.96. The van der Waals surface area contributed by atoms with Crippen LogP contribution in [0.1, 0.15) is 45.4 Å². The average Bonchev–Trinajstić information content (AvgIpc) is 2.24. The number of hydrogen-bond donors (Lipinski definition) is 0. The highest BCUT2D eigenvalue weighted by molar-refractivity contribution is 5.81. The van der Waals surface area contributed by atoms with E-state index in [0.29, 0.717) is 19.3 Å². The summed E-state index contributed by atoms with van der Waals surface area (Å²) in [6.45, 7) is 5.45. The smallest absolute Gasteiger partial charge is 0.299 e. The van der Waals surface area contributed by atoms with E-state index in [2.05, 4.69) is 6.58 Å². The molecule has 17 heavy (non-hydrogen) atoms. The van der Waals surface area contributed by atoms with Crippen molar-refractivity contribution in [2.45, 2.75) is 51.6 Å². The van der Waals surface area contributed by atoms with Crippen molar-refractivity contribution in [2.75, 3.05) is 0 Å². The second-order valence-electron chi connectivity index (χ2n) is 4.96. The van der Waals surface area contributed by atoms with Gasteiger partial charge in [-0.1, -0.05) is 18.4 Å². The number of alkyl halides is 3. The lowest BCUT2D eigenvalue weighted by Crippen LogP contribution is -2.37. The Balaban J connectivity index is 2.64. The summed E-state index contributed by atoms with van der Waals surface area (Å²) in [6.07, 6.45) is -1.73. The van der Waals surface area contributed by atoms with Crippen LogP contribution < -0.4 is 0 Å². The maximum Gasteiger partial charge on any atom is 0.392 e. The molecule has 0 bridgehead atoms. The number of carbonyl (C=O) groups is 1. The predicted octanol–water partition coefficient (Wildman–Crippen LogP) is 4.28. The predicted molar refractivity (Wildman–Crippen MR) is 60.6 cm³/mol. The third-order valence-corrected chi connectivity index (χ3v) is 3.40. The van der Waals surface area contributed by atoms with Gasteiger partial charge in [0.25, 0.3) is 0 Å². The normalized spacial score (nSPS) is 25.6. The molecule has 2 atom stereocenters. The summed E-state index contributed by atoms with van der Waals surface area (Å²) in [4.78, 5) is 11.8. The molecule has 0 N–H and O–H groups in total. The first-order chi connectivity index (χ1) is 7.82. The van der Waals surface area contributed by atoms with Crippen LogP contribution in [0.4, 0.5) is 13.2 Å². The molecule has 1 aliphatic carbocycles. The molecule has 1 nitrogen and oxygen atoms in total. The highest BCUT2D eigenvalue weighted by atomic mass is 19.4. The van der Waals surface area contributed by atoms with Crippen molar-refractivity contribution >= 4 is 5.78 Å². The average molecular weight is 248 g/mol. The molecule has 0 aromatic rings. The standard InChI is InChI=1S/C13H19F3O/c1-9(2)7-8-12(17)10-5-3-4-6-11(10)13(14,15)16/h10-11H,1,3-8H2,2H3. The van der Waals surface area contributed by atoms with Crippen LogP contribution in [0, 0.1) is 11.8 Å². The van der Waals surface area contributed by atoms with Gasteiger partial charge >= 0.3 is 6.18 Å². The van der Waals surface area contributed by atoms with Gasteiger partial charge in [-0.15, -0.1) is 6.58 Å². The van der Waals surface area contributed by atoms with E-state index in [-0.39, 0.29) is 18.6 Å². The van der Waals surface area contributed by atoms with Gasteiger partial charge < -0.3 is 0 Å². The van der Waals surface area contributed by atoms with E-state index in [1.54, 1.807) is 6.92 Å². The number of hydrogen-bond acceptors (Lipinski definition) is 1.